The second-order valence-corrected chi connectivity index (χ2v) is 5.57. The van der Waals surface area contributed by atoms with Crippen LogP contribution in [0.25, 0.3) is 11.0 Å². The second kappa shape index (κ2) is 6.54. The number of carbonyl (C=O) groups is 2. The number of hydrazine groups is 1. The van der Waals surface area contributed by atoms with Gasteiger partial charge in [0, 0.05) is 23.3 Å². The van der Waals surface area contributed by atoms with Crippen LogP contribution in [0.3, 0.4) is 0 Å². The van der Waals surface area contributed by atoms with E-state index in [1.54, 1.807) is 24.6 Å². The third-order valence-corrected chi connectivity index (χ3v) is 3.93. The van der Waals surface area contributed by atoms with Crippen LogP contribution in [0.2, 0.25) is 0 Å². The van der Waals surface area contributed by atoms with Gasteiger partial charge in [-0.1, -0.05) is 12.1 Å². The molecule has 0 saturated carbocycles. The normalized spacial score (nSPS) is 10.6. The lowest BCUT2D eigenvalue weighted by atomic mass is 10.0. The van der Waals surface area contributed by atoms with Crippen molar-refractivity contribution in [1.29, 1.82) is 0 Å². The lowest BCUT2D eigenvalue weighted by molar-refractivity contribution is -0.121. The van der Waals surface area contributed by atoms with Gasteiger partial charge in [-0.15, -0.1) is 0 Å². The Bertz CT molecular complexity index is 901. The molecule has 0 fully saturated rings. The molecule has 2 heterocycles. The third-order valence-electron chi connectivity index (χ3n) is 3.93. The van der Waals surface area contributed by atoms with Gasteiger partial charge in [0.15, 0.2) is 0 Å². The SMILES string of the molecule is Cc1ccc2c(CC(=O)NNC(=O)c3cccnc3)coc2c1C. The third kappa shape index (κ3) is 3.12. The first-order valence-electron chi connectivity index (χ1n) is 7.51. The number of pyridine rings is 1. The molecule has 6 nitrogen and oxygen atoms in total. The number of rotatable bonds is 3. The number of amides is 2. The van der Waals surface area contributed by atoms with E-state index >= 15 is 0 Å². The number of fused-ring (bicyclic) bond motifs is 1. The van der Waals surface area contributed by atoms with Gasteiger partial charge in [0.2, 0.25) is 5.91 Å². The molecule has 0 aliphatic heterocycles. The van der Waals surface area contributed by atoms with Crippen molar-refractivity contribution in [2.24, 2.45) is 0 Å². The van der Waals surface area contributed by atoms with Gasteiger partial charge in [0.05, 0.1) is 18.2 Å². The van der Waals surface area contributed by atoms with Crippen LogP contribution in [-0.4, -0.2) is 16.8 Å². The summed E-state index contributed by atoms with van der Waals surface area (Å²) >= 11 is 0. The predicted molar refractivity (Wildman–Crippen MR) is 89.2 cm³/mol. The Hall–Kier alpha value is -3.15. The molecule has 24 heavy (non-hydrogen) atoms. The lowest BCUT2D eigenvalue weighted by Crippen LogP contribution is -2.42. The maximum absolute atomic E-state index is 12.1. The van der Waals surface area contributed by atoms with E-state index in [9.17, 15) is 9.59 Å². The molecule has 0 aliphatic rings. The largest absolute Gasteiger partial charge is 0.464 e. The summed E-state index contributed by atoms with van der Waals surface area (Å²) in [6.45, 7) is 4.00. The minimum Gasteiger partial charge on any atom is -0.464 e. The van der Waals surface area contributed by atoms with Gasteiger partial charge in [0.25, 0.3) is 5.91 Å². The van der Waals surface area contributed by atoms with Crippen molar-refractivity contribution in [1.82, 2.24) is 15.8 Å². The molecule has 0 aliphatic carbocycles. The summed E-state index contributed by atoms with van der Waals surface area (Å²) in [6, 6.07) is 7.21. The zero-order valence-electron chi connectivity index (χ0n) is 13.4. The highest BCUT2D eigenvalue weighted by molar-refractivity contribution is 5.95. The average Bonchev–Trinajstić information content (AvgIpc) is 3.00. The molecule has 0 spiro atoms. The van der Waals surface area contributed by atoms with Gasteiger partial charge in [0.1, 0.15) is 5.58 Å². The van der Waals surface area contributed by atoms with Gasteiger partial charge >= 0.3 is 0 Å². The molecule has 122 valence electrons. The molecule has 6 heteroatoms. The van der Waals surface area contributed by atoms with Crippen molar-refractivity contribution in [2.45, 2.75) is 20.3 Å². The van der Waals surface area contributed by atoms with Gasteiger partial charge < -0.3 is 4.42 Å². The van der Waals surface area contributed by atoms with Crippen LogP contribution < -0.4 is 10.9 Å². The van der Waals surface area contributed by atoms with E-state index < -0.39 is 5.91 Å². The highest BCUT2D eigenvalue weighted by Gasteiger charge is 2.13. The van der Waals surface area contributed by atoms with E-state index in [0.717, 1.165) is 27.7 Å². The van der Waals surface area contributed by atoms with Gasteiger partial charge in [-0.05, 0) is 37.1 Å². The number of hydrogen-bond donors (Lipinski definition) is 2. The summed E-state index contributed by atoms with van der Waals surface area (Å²) in [5.74, 6) is -0.742. The number of furan rings is 1. The molecule has 0 radical (unpaired) electrons. The van der Waals surface area contributed by atoms with Crippen LogP contribution in [0.15, 0.2) is 47.3 Å². The van der Waals surface area contributed by atoms with E-state index in [0.29, 0.717) is 5.56 Å². The van der Waals surface area contributed by atoms with Crippen LogP contribution in [0, 0.1) is 13.8 Å². The smallest absolute Gasteiger partial charge is 0.271 e. The highest BCUT2D eigenvalue weighted by Crippen LogP contribution is 2.26. The predicted octanol–water partition coefficient (Wildman–Crippen LogP) is 2.45. The average molecular weight is 323 g/mol. The molecular weight excluding hydrogens is 306 g/mol. The Morgan fingerprint density at radius 2 is 2.00 bits per heavy atom. The fraction of sp³-hybridized carbons (Fsp3) is 0.167. The summed E-state index contributed by atoms with van der Waals surface area (Å²) < 4.78 is 5.58. The maximum atomic E-state index is 12.1. The van der Waals surface area contributed by atoms with Crippen LogP contribution in [0.1, 0.15) is 27.0 Å². The van der Waals surface area contributed by atoms with E-state index in [4.69, 9.17) is 4.42 Å². The Morgan fingerprint density at radius 3 is 2.75 bits per heavy atom. The first kappa shape index (κ1) is 15.7. The van der Waals surface area contributed by atoms with Crippen LogP contribution in [-0.2, 0) is 11.2 Å². The minimum absolute atomic E-state index is 0.114. The fourth-order valence-corrected chi connectivity index (χ4v) is 2.44. The van der Waals surface area contributed by atoms with Gasteiger partial charge in [-0.2, -0.15) is 0 Å². The number of benzene rings is 1. The van der Waals surface area contributed by atoms with E-state index in [1.807, 2.05) is 26.0 Å². The maximum Gasteiger partial charge on any atom is 0.271 e. The number of hydrogen-bond acceptors (Lipinski definition) is 4. The molecule has 3 aromatic rings. The van der Waals surface area contributed by atoms with Crippen molar-refractivity contribution in [3.8, 4) is 0 Å². The number of aryl methyl sites for hydroxylation is 2. The molecule has 0 atom stereocenters. The minimum atomic E-state index is -0.417. The molecular formula is C18H17N3O3. The highest BCUT2D eigenvalue weighted by atomic mass is 16.3. The molecule has 0 saturated heterocycles. The van der Waals surface area contributed by atoms with Crippen molar-refractivity contribution in [3.63, 3.8) is 0 Å². The van der Waals surface area contributed by atoms with Crippen LogP contribution in [0.5, 0.6) is 0 Å². The molecule has 0 unspecified atom stereocenters. The monoisotopic (exact) mass is 323 g/mol. The molecule has 3 rings (SSSR count). The lowest BCUT2D eigenvalue weighted by Gasteiger charge is -2.06. The number of nitrogens with one attached hydrogen (secondary N) is 2. The summed E-state index contributed by atoms with van der Waals surface area (Å²) in [5, 5.41) is 0.909. The number of nitrogens with zero attached hydrogens (tertiary/aromatic N) is 1. The van der Waals surface area contributed by atoms with Crippen molar-refractivity contribution < 1.29 is 14.0 Å². The van der Waals surface area contributed by atoms with Gasteiger partial charge in [-0.25, -0.2) is 0 Å². The second-order valence-electron chi connectivity index (χ2n) is 5.57. The van der Waals surface area contributed by atoms with Crippen LogP contribution >= 0.6 is 0 Å². The first-order chi connectivity index (χ1) is 11.6. The molecule has 0 bridgehead atoms. The van der Waals surface area contributed by atoms with Crippen molar-refractivity contribution >= 4 is 22.8 Å². The number of carbonyl (C=O) groups excluding carboxylic acids is 2. The summed E-state index contributed by atoms with van der Waals surface area (Å²) in [6.07, 6.45) is 4.70. The first-order valence-corrected chi connectivity index (χ1v) is 7.51. The van der Waals surface area contributed by atoms with E-state index in [2.05, 4.69) is 15.8 Å². The summed E-state index contributed by atoms with van der Waals surface area (Å²) in [7, 11) is 0. The molecule has 2 N–H and O–H groups in total. The summed E-state index contributed by atoms with van der Waals surface area (Å²) in [5.41, 5.74) is 8.91. The quantitative estimate of drug-likeness (QED) is 0.725. The number of aromatic nitrogens is 1. The Morgan fingerprint density at radius 1 is 1.17 bits per heavy atom. The molecule has 2 amide bonds. The molecule has 2 aromatic heterocycles. The Kier molecular flexibility index (Phi) is 4.29. The topological polar surface area (TPSA) is 84.2 Å². The van der Waals surface area contributed by atoms with E-state index in [-0.39, 0.29) is 12.3 Å². The standard InChI is InChI=1S/C18H17N3O3/c1-11-5-6-15-14(10-24-17(15)12(11)2)8-16(22)20-21-18(23)13-4-3-7-19-9-13/h3-7,9-10H,8H2,1-2H3,(H,20,22)(H,21,23). The van der Waals surface area contributed by atoms with E-state index in [1.165, 1.54) is 6.20 Å². The Balaban J connectivity index is 1.65. The van der Waals surface area contributed by atoms with Crippen molar-refractivity contribution in [2.75, 3.05) is 0 Å². The zero-order chi connectivity index (χ0) is 17.1. The van der Waals surface area contributed by atoms with Crippen molar-refractivity contribution in [3.05, 3.63) is 65.2 Å². The fourth-order valence-electron chi connectivity index (χ4n) is 2.44. The summed E-state index contributed by atoms with van der Waals surface area (Å²) in [4.78, 5) is 27.8. The zero-order valence-corrected chi connectivity index (χ0v) is 13.4. The molecule has 1 aromatic carbocycles. The Labute approximate surface area is 138 Å². The van der Waals surface area contributed by atoms with Crippen LogP contribution in [0.4, 0.5) is 0 Å². The van der Waals surface area contributed by atoms with Gasteiger partial charge in [-0.3, -0.25) is 25.4 Å².